The number of carbonyl (C=O) groups is 5. The van der Waals surface area contributed by atoms with Gasteiger partial charge >= 0.3 is 23.9 Å². The summed E-state index contributed by atoms with van der Waals surface area (Å²) in [6.07, 6.45) is -0.811. The lowest BCUT2D eigenvalue weighted by atomic mass is 9.95. The molecule has 0 aromatic rings. The Bertz CT molecular complexity index is 765. The van der Waals surface area contributed by atoms with E-state index in [4.69, 9.17) is 28.4 Å². The van der Waals surface area contributed by atoms with Gasteiger partial charge in [-0.3, -0.25) is 19.2 Å². The Morgan fingerprint density at radius 1 is 1.03 bits per heavy atom. The highest BCUT2D eigenvalue weighted by molar-refractivity contribution is 5.81. The molecular weight excluding hydrogens is 442 g/mol. The van der Waals surface area contributed by atoms with Crippen molar-refractivity contribution in [3.8, 4) is 0 Å². The minimum atomic E-state index is -2.02. The van der Waals surface area contributed by atoms with Crippen LogP contribution < -0.4 is 5.32 Å². The molecule has 0 aromatic carbocycles. The highest BCUT2D eigenvalue weighted by atomic mass is 16.7. The maximum atomic E-state index is 12.6. The summed E-state index contributed by atoms with van der Waals surface area (Å²) < 4.78 is 32.0. The van der Waals surface area contributed by atoms with Gasteiger partial charge in [0.15, 0.2) is 12.2 Å². The van der Waals surface area contributed by atoms with E-state index in [2.05, 4.69) is 5.32 Å². The molecule has 12 nitrogen and oxygen atoms in total. The van der Waals surface area contributed by atoms with Crippen molar-refractivity contribution in [3.63, 3.8) is 0 Å². The monoisotopic (exact) mass is 473 g/mol. The first-order valence-electron chi connectivity index (χ1n) is 10.3. The first kappa shape index (κ1) is 28.0. The standard InChI is InChI=1S/C21H31NO11/c1-7-10-30-21(20(27)28-6)9-8-16(22-12(2)23)18(33-21)19(32-15(5)26)17(31-14(4)25)11-29-13(3)24/h8-9,16-19H,7,10-11H2,1-6H3,(H,22,23). The summed E-state index contributed by atoms with van der Waals surface area (Å²) in [5, 5.41) is 2.61. The van der Waals surface area contributed by atoms with E-state index in [-0.39, 0.29) is 6.61 Å². The van der Waals surface area contributed by atoms with Gasteiger partial charge in [-0.2, -0.15) is 0 Å². The highest BCUT2D eigenvalue weighted by Crippen LogP contribution is 2.31. The molecule has 33 heavy (non-hydrogen) atoms. The third kappa shape index (κ3) is 8.46. The van der Waals surface area contributed by atoms with Gasteiger partial charge in [-0.1, -0.05) is 13.0 Å². The predicted octanol–water partition coefficient (Wildman–Crippen LogP) is 0.169. The van der Waals surface area contributed by atoms with Gasteiger partial charge in [-0.25, -0.2) is 4.79 Å². The van der Waals surface area contributed by atoms with E-state index in [1.165, 1.54) is 19.1 Å². The van der Waals surface area contributed by atoms with Gasteiger partial charge in [0.1, 0.15) is 12.7 Å². The second kappa shape index (κ2) is 12.9. The summed E-state index contributed by atoms with van der Waals surface area (Å²) in [7, 11) is 1.14. The van der Waals surface area contributed by atoms with Crippen LogP contribution in [0.3, 0.4) is 0 Å². The van der Waals surface area contributed by atoms with Gasteiger partial charge in [-0.15, -0.1) is 0 Å². The van der Waals surface area contributed by atoms with Crippen LogP contribution in [-0.4, -0.2) is 80.2 Å². The van der Waals surface area contributed by atoms with Gasteiger partial charge in [0, 0.05) is 27.7 Å². The molecule has 1 N–H and O–H groups in total. The quantitative estimate of drug-likeness (QED) is 0.248. The molecule has 0 aromatic heterocycles. The van der Waals surface area contributed by atoms with E-state index in [1.54, 1.807) is 0 Å². The number of esters is 4. The van der Waals surface area contributed by atoms with E-state index in [0.717, 1.165) is 27.9 Å². The number of ether oxygens (including phenoxy) is 6. The van der Waals surface area contributed by atoms with Crippen LogP contribution in [0, 0.1) is 0 Å². The molecule has 0 radical (unpaired) electrons. The SMILES string of the molecule is CCCOC1(C(=O)OC)C=CC(NC(C)=O)C(C(OC(C)=O)C(COC(C)=O)OC(C)=O)O1. The van der Waals surface area contributed by atoms with Gasteiger partial charge < -0.3 is 33.7 Å². The number of rotatable bonds is 11. The first-order chi connectivity index (χ1) is 15.5. The minimum Gasteiger partial charge on any atom is -0.465 e. The molecule has 0 aliphatic carbocycles. The van der Waals surface area contributed by atoms with E-state index in [9.17, 15) is 24.0 Å². The predicted molar refractivity (Wildman–Crippen MR) is 110 cm³/mol. The van der Waals surface area contributed by atoms with Crippen LogP contribution in [0.2, 0.25) is 0 Å². The fraction of sp³-hybridized carbons (Fsp3) is 0.667. The number of amides is 1. The van der Waals surface area contributed by atoms with E-state index >= 15 is 0 Å². The van der Waals surface area contributed by atoms with Crippen LogP contribution in [0.15, 0.2) is 12.2 Å². The average molecular weight is 473 g/mol. The fourth-order valence-corrected chi connectivity index (χ4v) is 3.10. The van der Waals surface area contributed by atoms with Crippen molar-refractivity contribution in [1.29, 1.82) is 0 Å². The van der Waals surface area contributed by atoms with E-state index in [1.807, 2.05) is 6.92 Å². The lowest BCUT2D eigenvalue weighted by Gasteiger charge is -2.42. The Balaban J connectivity index is 3.53. The largest absolute Gasteiger partial charge is 0.465 e. The Labute approximate surface area is 191 Å². The van der Waals surface area contributed by atoms with Gasteiger partial charge in [0.05, 0.1) is 19.8 Å². The second-order valence-electron chi connectivity index (χ2n) is 7.20. The molecule has 5 unspecified atom stereocenters. The van der Waals surface area contributed by atoms with Crippen molar-refractivity contribution in [2.24, 2.45) is 0 Å². The lowest BCUT2D eigenvalue weighted by molar-refractivity contribution is -0.266. The summed E-state index contributed by atoms with van der Waals surface area (Å²) in [5.41, 5.74) is 0. The summed E-state index contributed by atoms with van der Waals surface area (Å²) in [4.78, 5) is 59.4. The number of hydrogen-bond acceptors (Lipinski definition) is 11. The van der Waals surface area contributed by atoms with Crippen LogP contribution in [0.5, 0.6) is 0 Å². The molecule has 0 saturated heterocycles. The summed E-state index contributed by atoms with van der Waals surface area (Å²) in [5.74, 6) is -5.59. The summed E-state index contributed by atoms with van der Waals surface area (Å²) in [6, 6.07) is -0.940. The van der Waals surface area contributed by atoms with Crippen LogP contribution in [0.4, 0.5) is 0 Å². The molecule has 0 spiro atoms. The van der Waals surface area contributed by atoms with Gasteiger partial charge in [0.2, 0.25) is 5.91 Å². The maximum Gasteiger partial charge on any atom is 0.371 e. The van der Waals surface area contributed by atoms with Crippen LogP contribution in [0.1, 0.15) is 41.0 Å². The fourth-order valence-electron chi connectivity index (χ4n) is 3.10. The third-order valence-electron chi connectivity index (χ3n) is 4.31. The zero-order valence-corrected chi connectivity index (χ0v) is 19.6. The van der Waals surface area contributed by atoms with E-state index < -0.39 is 66.5 Å². The summed E-state index contributed by atoms with van der Waals surface area (Å²) in [6.45, 7) is 6.06. The molecule has 0 fully saturated rings. The normalized spacial score (nSPS) is 23.6. The number of carbonyl (C=O) groups excluding carboxylic acids is 5. The smallest absolute Gasteiger partial charge is 0.371 e. The number of nitrogens with one attached hydrogen (secondary N) is 1. The second-order valence-corrected chi connectivity index (χ2v) is 7.20. The Kier molecular flexibility index (Phi) is 11.0. The van der Waals surface area contributed by atoms with E-state index in [0.29, 0.717) is 6.42 Å². The van der Waals surface area contributed by atoms with Gasteiger partial charge in [-0.05, 0) is 12.5 Å². The first-order valence-corrected chi connectivity index (χ1v) is 10.3. The molecule has 186 valence electrons. The molecule has 1 aliphatic heterocycles. The van der Waals surface area contributed by atoms with Crippen LogP contribution in [0.25, 0.3) is 0 Å². The third-order valence-corrected chi connectivity index (χ3v) is 4.31. The molecule has 1 amide bonds. The maximum absolute atomic E-state index is 12.6. The Hall–Kier alpha value is -2.99. The molecule has 1 rings (SSSR count). The molecule has 1 aliphatic rings. The molecule has 0 saturated carbocycles. The lowest BCUT2D eigenvalue weighted by Crippen LogP contribution is -2.62. The van der Waals surface area contributed by atoms with Crippen LogP contribution in [-0.2, 0) is 52.4 Å². The van der Waals surface area contributed by atoms with Crippen molar-refractivity contribution in [2.75, 3.05) is 20.3 Å². The van der Waals surface area contributed by atoms with Gasteiger partial charge in [0.25, 0.3) is 5.79 Å². The zero-order chi connectivity index (χ0) is 25.2. The highest BCUT2D eigenvalue weighted by Gasteiger charge is 2.52. The number of hydrogen-bond donors (Lipinski definition) is 1. The van der Waals surface area contributed by atoms with Crippen molar-refractivity contribution < 1.29 is 52.4 Å². The summed E-state index contributed by atoms with van der Waals surface area (Å²) >= 11 is 0. The Morgan fingerprint density at radius 2 is 1.67 bits per heavy atom. The van der Waals surface area contributed by atoms with Crippen LogP contribution >= 0.6 is 0 Å². The topological polar surface area (TPSA) is 153 Å². The molecule has 0 bridgehead atoms. The van der Waals surface area contributed by atoms with Crippen molar-refractivity contribution in [1.82, 2.24) is 5.32 Å². The minimum absolute atomic E-state index is 0.107. The molecule has 12 heteroatoms. The zero-order valence-electron chi connectivity index (χ0n) is 19.6. The van der Waals surface area contributed by atoms with Crippen molar-refractivity contribution in [3.05, 3.63) is 12.2 Å². The van der Waals surface area contributed by atoms with Crippen molar-refractivity contribution >= 4 is 29.8 Å². The average Bonchev–Trinajstić information content (AvgIpc) is 2.73. The Morgan fingerprint density at radius 3 is 2.15 bits per heavy atom. The number of methoxy groups -OCH3 is 1. The molecule has 5 atom stereocenters. The molecule has 1 heterocycles. The molecular formula is C21H31NO11. The van der Waals surface area contributed by atoms with Crippen molar-refractivity contribution in [2.45, 2.75) is 71.2 Å².